The predicted octanol–water partition coefficient (Wildman–Crippen LogP) is 4.12. The molecule has 4 aliphatic carbocycles. The van der Waals surface area contributed by atoms with E-state index in [2.05, 4.69) is 23.3 Å². The smallest absolute Gasteiger partial charge is 0.250 e. The van der Waals surface area contributed by atoms with Gasteiger partial charge in [-0.05, 0) is 86.7 Å². The van der Waals surface area contributed by atoms with Gasteiger partial charge < -0.3 is 14.8 Å². The highest BCUT2D eigenvalue weighted by Crippen LogP contribution is 2.61. The fourth-order valence-electron chi connectivity index (χ4n) is 7.86. The summed E-state index contributed by atoms with van der Waals surface area (Å²) in [6, 6.07) is 7.64. The van der Waals surface area contributed by atoms with Gasteiger partial charge in [-0.3, -0.25) is 9.59 Å². The number of rotatable bonds is 6. The number of imidazole rings is 1. The van der Waals surface area contributed by atoms with Crippen LogP contribution < -0.4 is 10.2 Å². The monoisotopic (exact) mass is 446 g/mol. The predicted molar refractivity (Wildman–Crippen MR) is 127 cm³/mol. The molecule has 174 valence electrons. The lowest BCUT2D eigenvalue weighted by molar-refractivity contribution is -0.130. The molecule has 6 heteroatoms. The van der Waals surface area contributed by atoms with Gasteiger partial charge in [-0.1, -0.05) is 18.2 Å². The van der Waals surface area contributed by atoms with Crippen LogP contribution in [0.1, 0.15) is 63.5 Å². The Morgan fingerprint density at radius 2 is 1.82 bits per heavy atom. The van der Waals surface area contributed by atoms with Crippen molar-refractivity contribution in [2.45, 2.75) is 70.4 Å². The largest absolute Gasteiger partial charge is 0.353 e. The SMILES string of the molecule is C[C@@H](NC(=O)C[C@H](C(=O)N1CCc2ccccc21)n1ccnc1)C12CC3CC(CC(C3)C1)C2. The van der Waals surface area contributed by atoms with Crippen LogP contribution in [-0.2, 0) is 16.0 Å². The second kappa shape index (κ2) is 8.00. The number of anilines is 1. The van der Waals surface area contributed by atoms with Gasteiger partial charge in [-0.25, -0.2) is 4.98 Å². The van der Waals surface area contributed by atoms with Gasteiger partial charge in [0.2, 0.25) is 5.91 Å². The van der Waals surface area contributed by atoms with Crippen LogP contribution in [0.4, 0.5) is 5.69 Å². The third-order valence-electron chi connectivity index (χ3n) is 9.08. The first-order chi connectivity index (χ1) is 16.0. The first-order valence-electron chi connectivity index (χ1n) is 12.7. The number of nitrogens with zero attached hydrogens (tertiary/aromatic N) is 3. The average molecular weight is 447 g/mol. The Hall–Kier alpha value is -2.63. The fourth-order valence-corrected chi connectivity index (χ4v) is 7.86. The second-order valence-corrected chi connectivity index (χ2v) is 11.2. The molecule has 4 fully saturated rings. The van der Waals surface area contributed by atoms with Crippen molar-refractivity contribution in [1.82, 2.24) is 14.9 Å². The van der Waals surface area contributed by atoms with Gasteiger partial charge >= 0.3 is 0 Å². The zero-order valence-electron chi connectivity index (χ0n) is 19.5. The van der Waals surface area contributed by atoms with Crippen molar-refractivity contribution in [2.75, 3.05) is 11.4 Å². The molecule has 0 unspecified atom stereocenters. The van der Waals surface area contributed by atoms with Gasteiger partial charge in [-0.2, -0.15) is 0 Å². The molecule has 0 radical (unpaired) electrons. The molecule has 2 atom stereocenters. The highest BCUT2D eigenvalue weighted by Gasteiger charge is 2.53. The number of hydrogen-bond acceptors (Lipinski definition) is 3. The van der Waals surface area contributed by atoms with E-state index in [1.54, 1.807) is 23.3 Å². The molecule has 2 heterocycles. The third-order valence-corrected chi connectivity index (χ3v) is 9.08. The molecule has 4 bridgehead atoms. The lowest BCUT2D eigenvalue weighted by atomic mass is 9.48. The molecular formula is C27H34N4O2. The highest BCUT2D eigenvalue weighted by atomic mass is 16.2. The number of amides is 2. The quantitative estimate of drug-likeness (QED) is 0.726. The lowest BCUT2D eigenvalue weighted by Gasteiger charge is -2.59. The number of nitrogens with one attached hydrogen (secondary N) is 1. The summed E-state index contributed by atoms with van der Waals surface area (Å²) in [4.78, 5) is 32.9. The fraction of sp³-hybridized carbons (Fsp3) is 0.593. The summed E-state index contributed by atoms with van der Waals surface area (Å²) in [6.07, 6.45) is 14.1. The van der Waals surface area contributed by atoms with Gasteiger partial charge in [0.1, 0.15) is 6.04 Å². The summed E-state index contributed by atoms with van der Waals surface area (Å²) in [5, 5.41) is 3.35. The van der Waals surface area contributed by atoms with E-state index < -0.39 is 6.04 Å². The van der Waals surface area contributed by atoms with Crippen molar-refractivity contribution in [3.8, 4) is 0 Å². The normalized spacial score (nSPS) is 31.3. The number of fused-ring (bicyclic) bond motifs is 1. The molecule has 33 heavy (non-hydrogen) atoms. The summed E-state index contributed by atoms with van der Waals surface area (Å²) in [5.74, 6) is 2.50. The Morgan fingerprint density at radius 3 is 2.48 bits per heavy atom. The number of hydrogen-bond donors (Lipinski definition) is 1. The minimum atomic E-state index is -0.581. The van der Waals surface area contributed by atoms with E-state index in [9.17, 15) is 9.59 Å². The molecule has 5 aliphatic rings. The zero-order valence-corrected chi connectivity index (χ0v) is 19.5. The van der Waals surface area contributed by atoms with Gasteiger partial charge in [0.05, 0.1) is 12.7 Å². The molecule has 7 rings (SSSR count). The average Bonchev–Trinajstić information content (AvgIpc) is 3.46. The van der Waals surface area contributed by atoms with Crippen LogP contribution in [0.5, 0.6) is 0 Å². The number of carbonyl (C=O) groups excluding carboxylic acids is 2. The van der Waals surface area contributed by atoms with Crippen LogP contribution in [0.25, 0.3) is 0 Å². The van der Waals surface area contributed by atoms with E-state index in [0.717, 1.165) is 29.9 Å². The first-order valence-corrected chi connectivity index (χ1v) is 12.7. The maximum atomic E-state index is 13.6. The zero-order chi connectivity index (χ0) is 22.6. The molecule has 2 amide bonds. The van der Waals surface area contributed by atoms with Gasteiger partial charge in [0, 0.05) is 30.7 Å². The number of para-hydroxylation sites is 1. The molecular weight excluding hydrogens is 412 g/mol. The van der Waals surface area contributed by atoms with Crippen molar-refractivity contribution in [3.63, 3.8) is 0 Å². The third kappa shape index (κ3) is 3.68. The molecule has 6 nitrogen and oxygen atoms in total. The maximum absolute atomic E-state index is 13.6. The van der Waals surface area contributed by atoms with E-state index in [0.29, 0.717) is 6.54 Å². The summed E-state index contributed by atoms with van der Waals surface area (Å²) in [6.45, 7) is 2.87. The van der Waals surface area contributed by atoms with Crippen molar-refractivity contribution < 1.29 is 9.59 Å². The number of aromatic nitrogens is 2. The molecule has 2 aromatic rings. The summed E-state index contributed by atoms with van der Waals surface area (Å²) in [7, 11) is 0. The van der Waals surface area contributed by atoms with Crippen molar-refractivity contribution in [2.24, 2.45) is 23.2 Å². The van der Waals surface area contributed by atoms with Gasteiger partial charge in [0.25, 0.3) is 5.91 Å². The standard InChI is InChI=1S/C27H34N4O2/c1-18(27-14-19-10-20(15-27)12-21(11-19)16-27)29-25(32)13-24(30-9-7-28-17-30)26(33)31-8-6-22-4-2-3-5-23(22)31/h2-5,7,9,17-21,24H,6,8,10-16H2,1H3,(H,29,32)/t18-,19?,20?,21?,24-,27?/m1/s1. The maximum Gasteiger partial charge on any atom is 0.250 e. The van der Waals surface area contributed by atoms with Crippen molar-refractivity contribution in [3.05, 3.63) is 48.5 Å². The molecule has 1 aromatic carbocycles. The van der Waals surface area contributed by atoms with E-state index in [1.807, 2.05) is 23.1 Å². The van der Waals surface area contributed by atoms with E-state index in [1.165, 1.54) is 44.1 Å². The van der Waals surface area contributed by atoms with E-state index >= 15 is 0 Å². The Kier molecular flexibility index (Phi) is 5.07. The molecule has 1 aliphatic heterocycles. The summed E-state index contributed by atoms with van der Waals surface area (Å²) < 4.78 is 1.79. The van der Waals surface area contributed by atoms with Crippen LogP contribution in [0.15, 0.2) is 43.0 Å². The van der Waals surface area contributed by atoms with Gasteiger partial charge in [0.15, 0.2) is 0 Å². The van der Waals surface area contributed by atoms with Crippen molar-refractivity contribution in [1.29, 1.82) is 0 Å². The number of benzene rings is 1. The summed E-state index contributed by atoms with van der Waals surface area (Å²) in [5.41, 5.74) is 2.41. The lowest BCUT2D eigenvalue weighted by Crippen LogP contribution is -2.56. The van der Waals surface area contributed by atoms with Crippen LogP contribution in [0.3, 0.4) is 0 Å². The Bertz CT molecular complexity index is 1010. The number of carbonyl (C=O) groups is 2. The van der Waals surface area contributed by atoms with Crippen LogP contribution >= 0.6 is 0 Å². The van der Waals surface area contributed by atoms with Gasteiger partial charge in [-0.15, -0.1) is 0 Å². The summed E-state index contributed by atoms with van der Waals surface area (Å²) >= 11 is 0. The highest BCUT2D eigenvalue weighted by molar-refractivity contribution is 6.00. The minimum Gasteiger partial charge on any atom is -0.353 e. The molecule has 1 N–H and O–H groups in total. The van der Waals surface area contributed by atoms with E-state index in [-0.39, 0.29) is 29.7 Å². The Morgan fingerprint density at radius 1 is 1.12 bits per heavy atom. The van der Waals surface area contributed by atoms with Crippen LogP contribution in [0.2, 0.25) is 0 Å². The first kappa shape index (κ1) is 20.9. The minimum absolute atomic E-state index is 0.0298. The molecule has 1 aromatic heterocycles. The molecule has 4 saturated carbocycles. The molecule has 0 saturated heterocycles. The van der Waals surface area contributed by atoms with Crippen LogP contribution in [0, 0.1) is 23.2 Å². The topological polar surface area (TPSA) is 67.2 Å². The Balaban J connectivity index is 1.18. The Labute approximate surface area is 195 Å². The van der Waals surface area contributed by atoms with E-state index in [4.69, 9.17) is 0 Å². The molecule has 0 spiro atoms. The second-order valence-electron chi connectivity index (χ2n) is 11.2. The van der Waals surface area contributed by atoms with Crippen molar-refractivity contribution >= 4 is 17.5 Å². The van der Waals surface area contributed by atoms with Crippen LogP contribution in [-0.4, -0.2) is 34.0 Å².